The summed E-state index contributed by atoms with van der Waals surface area (Å²) in [6.07, 6.45) is 5.02. The van der Waals surface area contributed by atoms with E-state index in [2.05, 4.69) is 14.9 Å². The number of amides is 1. The molecule has 2 N–H and O–H groups in total. The third kappa shape index (κ3) is 4.67. The van der Waals surface area contributed by atoms with Gasteiger partial charge in [-0.2, -0.15) is 0 Å². The molecule has 1 aromatic rings. The molecule has 0 aliphatic carbocycles. The molecule has 3 rings (SSSR count). The number of hydrogen-bond donors (Lipinski definition) is 2. The van der Waals surface area contributed by atoms with Crippen LogP contribution >= 0.6 is 0 Å². The van der Waals surface area contributed by atoms with Gasteiger partial charge in [-0.15, -0.1) is 0 Å². The van der Waals surface area contributed by atoms with Gasteiger partial charge in [0.25, 0.3) is 5.56 Å². The monoisotopic (exact) mass is 348 g/mol. The average Bonchev–Trinajstić information content (AvgIpc) is 3.10. The van der Waals surface area contributed by atoms with Gasteiger partial charge < -0.3 is 19.9 Å². The summed E-state index contributed by atoms with van der Waals surface area (Å²) in [6, 6.07) is 0. The number of hydrogen-bond acceptors (Lipinski definition) is 5. The molecular weight excluding hydrogens is 320 g/mol. The third-order valence-corrected chi connectivity index (χ3v) is 5.29. The average molecular weight is 348 g/mol. The Morgan fingerprint density at radius 3 is 2.72 bits per heavy atom. The third-order valence-electron chi connectivity index (χ3n) is 5.29. The summed E-state index contributed by atoms with van der Waals surface area (Å²) >= 11 is 0. The van der Waals surface area contributed by atoms with Crippen LogP contribution in [0.5, 0.6) is 0 Å². The lowest BCUT2D eigenvalue weighted by molar-refractivity contribution is -0.134. The predicted octanol–water partition coefficient (Wildman–Crippen LogP) is 0.174. The first kappa shape index (κ1) is 18.1. The summed E-state index contributed by atoms with van der Waals surface area (Å²) in [5, 5.41) is 9.62. The fourth-order valence-corrected chi connectivity index (χ4v) is 4.03. The molecular formula is C18H28N4O3. The summed E-state index contributed by atoms with van der Waals surface area (Å²) in [5.74, 6) is 1.01. The molecule has 0 aromatic carbocycles. The molecule has 1 aromatic heterocycles. The molecule has 2 atom stereocenters. The van der Waals surface area contributed by atoms with Crippen molar-refractivity contribution in [1.82, 2.24) is 19.8 Å². The molecule has 2 saturated heterocycles. The van der Waals surface area contributed by atoms with Gasteiger partial charge in [0.15, 0.2) is 0 Å². The van der Waals surface area contributed by atoms with Crippen LogP contribution in [0.25, 0.3) is 0 Å². The Morgan fingerprint density at radius 1 is 1.32 bits per heavy atom. The number of aliphatic hydroxyl groups excluding tert-OH is 1. The van der Waals surface area contributed by atoms with Crippen LogP contribution in [0.1, 0.15) is 30.7 Å². The summed E-state index contributed by atoms with van der Waals surface area (Å²) in [7, 11) is 0. The van der Waals surface area contributed by atoms with E-state index in [-0.39, 0.29) is 30.4 Å². The van der Waals surface area contributed by atoms with Crippen molar-refractivity contribution in [3.63, 3.8) is 0 Å². The standard InChI is InChI=1S/C18H28N4O3/c1-13-19-8-16(18(25)20-13)7-17(24)22-10-14(6-15(11-22)12-23)9-21-4-2-3-5-21/h8,14-15,23H,2-7,9-12H2,1H3,(H,19,20,25)/t14-,15+/m1/s1. The number of nitrogens with zero attached hydrogens (tertiary/aromatic N) is 3. The van der Waals surface area contributed by atoms with Crippen molar-refractivity contribution >= 4 is 5.91 Å². The second-order valence-corrected chi connectivity index (χ2v) is 7.46. The van der Waals surface area contributed by atoms with Gasteiger partial charge in [0.2, 0.25) is 5.91 Å². The molecule has 0 unspecified atom stereocenters. The minimum Gasteiger partial charge on any atom is -0.396 e. The Bertz CT molecular complexity index is 654. The minimum absolute atomic E-state index is 0.0549. The van der Waals surface area contributed by atoms with E-state index in [1.165, 1.54) is 19.0 Å². The van der Waals surface area contributed by atoms with Gasteiger partial charge in [-0.25, -0.2) is 4.98 Å². The van der Waals surface area contributed by atoms with E-state index in [4.69, 9.17) is 0 Å². The quantitative estimate of drug-likeness (QED) is 0.792. The van der Waals surface area contributed by atoms with Crippen LogP contribution in [0.15, 0.2) is 11.0 Å². The predicted molar refractivity (Wildman–Crippen MR) is 94.2 cm³/mol. The van der Waals surface area contributed by atoms with Crippen LogP contribution < -0.4 is 5.56 Å². The van der Waals surface area contributed by atoms with E-state index < -0.39 is 0 Å². The zero-order chi connectivity index (χ0) is 17.8. The zero-order valence-corrected chi connectivity index (χ0v) is 14.9. The maximum atomic E-state index is 12.7. The summed E-state index contributed by atoms with van der Waals surface area (Å²) in [5.41, 5.74) is 0.156. The van der Waals surface area contributed by atoms with E-state index in [0.29, 0.717) is 30.4 Å². The van der Waals surface area contributed by atoms with Crippen molar-refractivity contribution < 1.29 is 9.90 Å². The summed E-state index contributed by atoms with van der Waals surface area (Å²) in [4.78, 5) is 35.7. The number of aryl methyl sites for hydroxylation is 1. The van der Waals surface area contributed by atoms with E-state index in [0.717, 1.165) is 26.1 Å². The van der Waals surface area contributed by atoms with E-state index >= 15 is 0 Å². The number of aromatic amines is 1. The first-order chi connectivity index (χ1) is 12.0. The Balaban J connectivity index is 1.64. The molecule has 7 nitrogen and oxygen atoms in total. The fraction of sp³-hybridized carbons (Fsp3) is 0.722. The van der Waals surface area contributed by atoms with Gasteiger partial charge in [0, 0.05) is 38.0 Å². The van der Waals surface area contributed by atoms with Crippen LogP contribution in [-0.4, -0.2) is 70.1 Å². The molecule has 2 aliphatic heterocycles. The highest BCUT2D eigenvalue weighted by Gasteiger charge is 2.31. The van der Waals surface area contributed by atoms with E-state index in [1.54, 1.807) is 6.92 Å². The van der Waals surface area contributed by atoms with Crippen molar-refractivity contribution in [2.75, 3.05) is 39.3 Å². The second kappa shape index (κ2) is 8.10. The van der Waals surface area contributed by atoms with Crippen LogP contribution in [0.3, 0.4) is 0 Å². The van der Waals surface area contributed by atoms with Crippen LogP contribution in [0, 0.1) is 18.8 Å². The lowest BCUT2D eigenvalue weighted by Crippen LogP contribution is -2.48. The lowest BCUT2D eigenvalue weighted by Gasteiger charge is -2.38. The molecule has 0 saturated carbocycles. The SMILES string of the molecule is Cc1ncc(CC(=O)N2C[C@@H](CN3CCCC3)C[C@H](CO)C2)c(=O)[nH]1. The molecule has 7 heteroatoms. The van der Waals surface area contributed by atoms with Gasteiger partial charge >= 0.3 is 0 Å². The number of aliphatic hydroxyl groups is 1. The number of piperidine rings is 1. The van der Waals surface area contributed by atoms with Crippen LogP contribution in [0.4, 0.5) is 0 Å². The van der Waals surface area contributed by atoms with E-state index in [1.807, 2.05) is 4.90 Å². The number of rotatable bonds is 5. The number of aromatic nitrogens is 2. The first-order valence-corrected chi connectivity index (χ1v) is 9.21. The zero-order valence-electron chi connectivity index (χ0n) is 14.9. The smallest absolute Gasteiger partial charge is 0.254 e. The highest BCUT2D eigenvalue weighted by atomic mass is 16.3. The van der Waals surface area contributed by atoms with Gasteiger partial charge in [-0.1, -0.05) is 0 Å². The molecule has 138 valence electrons. The molecule has 1 amide bonds. The van der Waals surface area contributed by atoms with Gasteiger partial charge in [0.05, 0.1) is 6.42 Å². The van der Waals surface area contributed by atoms with Crippen molar-refractivity contribution in [1.29, 1.82) is 0 Å². The number of carbonyl (C=O) groups excluding carboxylic acids is 1. The van der Waals surface area contributed by atoms with Crippen LogP contribution in [-0.2, 0) is 11.2 Å². The topological polar surface area (TPSA) is 89.5 Å². The van der Waals surface area contributed by atoms with Gasteiger partial charge in [0.1, 0.15) is 5.82 Å². The fourth-order valence-electron chi connectivity index (χ4n) is 4.03. The summed E-state index contributed by atoms with van der Waals surface area (Å²) < 4.78 is 0. The number of H-pyrrole nitrogens is 1. The van der Waals surface area contributed by atoms with Crippen molar-refractivity contribution in [2.24, 2.45) is 11.8 Å². The molecule has 2 fully saturated rings. The number of likely N-dealkylation sites (tertiary alicyclic amines) is 2. The Morgan fingerprint density at radius 2 is 2.04 bits per heavy atom. The summed E-state index contributed by atoms with van der Waals surface area (Å²) in [6.45, 7) is 6.37. The molecule has 0 radical (unpaired) electrons. The molecule has 2 aliphatic rings. The van der Waals surface area contributed by atoms with Crippen LogP contribution in [0.2, 0.25) is 0 Å². The van der Waals surface area contributed by atoms with Gasteiger partial charge in [-0.05, 0) is 51.1 Å². The Kier molecular flexibility index (Phi) is 5.86. The molecule has 0 bridgehead atoms. The minimum atomic E-state index is -0.245. The first-order valence-electron chi connectivity index (χ1n) is 9.21. The highest BCUT2D eigenvalue weighted by Crippen LogP contribution is 2.24. The second-order valence-electron chi connectivity index (χ2n) is 7.46. The Hall–Kier alpha value is -1.73. The normalized spacial score (nSPS) is 24.6. The largest absolute Gasteiger partial charge is 0.396 e. The van der Waals surface area contributed by atoms with E-state index in [9.17, 15) is 14.7 Å². The number of nitrogens with one attached hydrogen (secondary N) is 1. The maximum Gasteiger partial charge on any atom is 0.254 e. The highest BCUT2D eigenvalue weighted by molar-refractivity contribution is 5.78. The number of carbonyl (C=O) groups is 1. The molecule has 0 spiro atoms. The van der Waals surface area contributed by atoms with Crippen molar-refractivity contribution in [2.45, 2.75) is 32.6 Å². The van der Waals surface area contributed by atoms with Crippen molar-refractivity contribution in [3.8, 4) is 0 Å². The molecule has 3 heterocycles. The lowest BCUT2D eigenvalue weighted by atomic mass is 9.89. The van der Waals surface area contributed by atoms with Crippen molar-refractivity contribution in [3.05, 3.63) is 27.9 Å². The maximum absolute atomic E-state index is 12.7. The molecule has 25 heavy (non-hydrogen) atoms. The van der Waals surface area contributed by atoms with Gasteiger partial charge in [-0.3, -0.25) is 9.59 Å². The Labute approximate surface area is 148 Å².